The van der Waals surface area contributed by atoms with Crippen molar-refractivity contribution >= 4 is 46.4 Å². The van der Waals surface area contributed by atoms with E-state index in [2.05, 4.69) is 6.92 Å². The van der Waals surface area contributed by atoms with Crippen LogP contribution in [0.15, 0.2) is 0 Å². The van der Waals surface area contributed by atoms with Gasteiger partial charge in [0, 0.05) is 12.7 Å². The van der Waals surface area contributed by atoms with Crippen molar-refractivity contribution in [1.82, 2.24) is 0 Å². The van der Waals surface area contributed by atoms with Crippen LogP contribution in [0.4, 0.5) is 0 Å². The summed E-state index contributed by atoms with van der Waals surface area (Å²) in [5.74, 6) is 1.09. The van der Waals surface area contributed by atoms with Gasteiger partial charge in [-0.15, -0.1) is 0 Å². The Hall–Kier alpha value is 1.07. The maximum Gasteiger partial charge on any atom is 0.197 e. The van der Waals surface area contributed by atoms with Crippen molar-refractivity contribution in [2.45, 2.75) is 13.8 Å². The fourth-order valence-electron chi connectivity index (χ4n) is 0.130. The average molecular weight is 200 g/mol. The molecule has 54 valence electrons. The van der Waals surface area contributed by atoms with Crippen LogP contribution in [0.3, 0.4) is 0 Å². The third-order valence-corrected chi connectivity index (χ3v) is 6.58. The zero-order chi connectivity index (χ0) is 7.11. The van der Waals surface area contributed by atoms with Gasteiger partial charge < -0.3 is 0 Å². The molecule has 0 N–H and O–H groups in total. The SMILES string of the molecule is CCSSSSC(C)=O. The molecule has 0 atom stereocenters. The predicted octanol–water partition coefficient (Wildman–Crippen LogP) is 3.23. The summed E-state index contributed by atoms with van der Waals surface area (Å²) >= 11 is 0. The number of hydrogen-bond acceptors (Lipinski definition) is 5. The second kappa shape index (κ2) is 7.18. The highest BCUT2D eigenvalue weighted by Crippen LogP contribution is 2.42. The van der Waals surface area contributed by atoms with E-state index in [1.165, 1.54) is 20.6 Å². The molecule has 0 rings (SSSR count). The topological polar surface area (TPSA) is 17.1 Å². The maximum absolute atomic E-state index is 10.3. The van der Waals surface area contributed by atoms with E-state index in [0.717, 1.165) is 5.75 Å². The fraction of sp³-hybridized carbons (Fsp3) is 0.750. The van der Waals surface area contributed by atoms with Gasteiger partial charge in [-0.1, -0.05) is 17.7 Å². The monoisotopic (exact) mass is 200 g/mol. The number of carbonyl (C=O) groups excluding carboxylic acids is 1. The molecule has 0 aliphatic rings. The molecule has 0 aromatic carbocycles. The highest BCUT2D eigenvalue weighted by molar-refractivity contribution is 9.27. The highest BCUT2D eigenvalue weighted by Gasteiger charge is 1.93. The van der Waals surface area contributed by atoms with E-state index in [4.69, 9.17) is 0 Å². The van der Waals surface area contributed by atoms with Crippen molar-refractivity contribution in [1.29, 1.82) is 0 Å². The Balaban J connectivity index is 2.83. The van der Waals surface area contributed by atoms with Crippen LogP contribution in [0.1, 0.15) is 13.8 Å². The fourth-order valence-corrected chi connectivity index (χ4v) is 5.31. The van der Waals surface area contributed by atoms with Gasteiger partial charge in [0.1, 0.15) is 0 Å². The van der Waals surface area contributed by atoms with E-state index in [9.17, 15) is 4.79 Å². The summed E-state index contributed by atoms with van der Waals surface area (Å²) in [6.07, 6.45) is 0. The molecular weight excluding hydrogens is 192 g/mol. The van der Waals surface area contributed by atoms with Gasteiger partial charge in [0.2, 0.25) is 0 Å². The van der Waals surface area contributed by atoms with Crippen LogP contribution >= 0.6 is 41.2 Å². The maximum atomic E-state index is 10.3. The summed E-state index contributed by atoms with van der Waals surface area (Å²) in [7, 11) is 6.24. The summed E-state index contributed by atoms with van der Waals surface area (Å²) < 4.78 is 0. The molecule has 0 radical (unpaired) electrons. The van der Waals surface area contributed by atoms with Gasteiger partial charge in [-0.3, -0.25) is 4.79 Å². The molecule has 5 heteroatoms. The summed E-state index contributed by atoms with van der Waals surface area (Å²) in [5.41, 5.74) is 0. The van der Waals surface area contributed by atoms with E-state index >= 15 is 0 Å². The van der Waals surface area contributed by atoms with Crippen LogP contribution in [-0.2, 0) is 4.79 Å². The molecule has 0 aliphatic carbocycles. The third kappa shape index (κ3) is 9.07. The lowest BCUT2D eigenvalue weighted by atomic mass is 10.9. The van der Waals surface area contributed by atoms with Crippen molar-refractivity contribution in [3.63, 3.8) is 0 Å². The second-order valence-corrected chi connectivity index (χ2v) is 7.42. The van der Waals surface area contributed by atoms with Gasteiger partial charge in [0.05, 0.1) is 0 Å². The Morgan fingerprint density at radius 2 is 2.11 bits per heavy atom. The van der Waals surface area contributed by atoms with E-state index in [1.54, 1.807) is 27.5 Å². The van der Waals surface area contributed by atoms with E-state index in [-0.39, 0.29) is 5.12 Å². The molecule has 0 saturated carbocycles. The van der Waals surface area contributed by atoms with E-state index in [0.29, 0.717) is 0 Å². The van der Waals surface area contributed by atoms with Crippen LogP contribution in [0.5, 0.6) is 0 Å². The minimum absolute atomic E-state index is 0.171. The molecule has 0 aromatic rings. The first-order valence-electron chi connectivity index (χ1n) is 2.40. The molecule has 0 amide bonds. The van der Waals surface area contributed by atoms with Gasteiger partial charge >= 0.3 is 0 Å². The molecule has 1 nitrogen and oxygen atoms in total. The zero-order valence-corrected chi connectivity index (χ0v) is 8.51. The first kappa shape index (κ1) is 10.1. The van der Waals surface area contributed by atoms with Gasteiger partial charge in [0.15, 0.2) is 5.12 Å². The molecule has 0 spiro atoms. The molecule has 9 heavy (non-hydrogen) atoms. The average Bonchev–Trinajstić information content (AvgIpc) is 1.80. The first-order valence-corrected chi connectivity index (χ1v) is 7.39. The van der Waals surface area contributed by atoms with Gasteiger partial charge in [-0.05, 0) is 30.4 Å². The Kier molecular flexibility index (Phi) is 8.03. The summed E-state index contributed by atoms with van der Waals surface area (Å²) in [4.78, 5) is 10.3. The van der Waals surface area contributed by atoms with Crippen LogP contribution in [0, 0.1) is 0 Å². The minimum Gasteiger partial charge on any atom is -0.287 e. The van der Waals surface area contributed by atoms with Gasteiger partial charge in [0.25, 0.3) is 0 Å². The molecule has 0 aromatic heterocycles. The normalized spacial score (nSPS) is 9.56. The third-order valence-electron chi connectivity index (χ3n) is 0.345. The van der Waals surface area contributed by atoms with Crippen LogP contribution < -0.4 is 0 Å². The Morgan fingerprint density at radius 3 is 2.56 bits per heavy atom. The smallest absolute Gasteiger partial charge is 0.197 e. The Bertz CT molecular complexity index is 84.6. The molecule has 0 unspecified atom stereocenters. The zero-order valence-electron chi connectivity index (χ0n) is 5.25. The Labute approximate surface area is 70.7 Å². The molecule has 0 bridgehead atoms. The molecular formula is C4H8OS4. The van der Waals surface area contributed by atoms with Crippen molar-refractivity contribution in [2.24, 2.45) is 0 Å². The molecule has 0 aliphatic heterocycles. The van der Waals surface area contributed by atoms with Crippen LogP contribution in [0.25, 0.3) is 0 Å². The first-order chi connectivity index (χ1) is 4.27. The Morgan fingerprint density at radius 1 is 1.44 bits per heavy atom. The summed E-state index contributed by atoms with van der Waals surface area (Å²) in [5, 5.41) is 0.171. The van der Waals surface area contributed by atoms with Crippen molar-refractivity contribution < 1.29 is 4.79 Å². The standard InChI is InChI=1S/C4H8OS4/c1-3-6-8-9-7-4(2)5/h3H2,1-2H3. The van der Waals surface area contributed by atoms with Crippen molar-refractivity contribution in [3.8, 4) is 0 Å². The van der Waals surface area contributed by atoms with Gasteiger partial charge in [-0.25, -0.2) is 0 Å². The molecule has 0 heterocycles. The number of rotatable bonds is 4. The lowest BCUT2D eigenvalue weighted by molar-refractivity contribution is -0.109. The quantitative estimate of drug-likeness (QED) is 0.510. The van der Waals surface area contributed by atoms with Crippen LogP contribution in [-0.4, -0.2) is 10.9 Å². The minimum atomic E-state index is 0.171. The lowest BCUT2D eigenvalue weighted by Gasteiger charge is -1.91. The largest absolute Gasteiger partial charge is 0.287 e. The van der Waals surface area contributed by atoms with E-state index < -0.39 is 0 Å². The summed E-state index contributed by atoms with van der Waals surface area (Å²) in [6, 6.07) is 0. The van der Waals surface area contributed by atoms with Crippen LogP contribution in [0.2, 0.25) is 0 Å². The van der Waals surface area contributed by atoms with Gasteiger partial charge in [-0.2, -0.15) is 0 Å². The van der Waals surface area contributed by atoms with Crippen molar-refractivity contribution in [2.75, 3.05) is 5.75 Å². The second-order valence-electron chi connectivity index (χ2n) is 1.12. The van der Waals surface area contributed by atoms with E-state index in [1.807, 2.05) is 0 Å². The van der Waals surface area contributed by atoms with Crippen molar-refractivity contribution in [3.05, 3.63) is 0 Å². The predicted molar refractivity (Wildman–Crippen MR) is 51.6 cm³/mol. The lowest BCUT2D eigenvalue weighted by Crippen LogP contribution is -1.70. The highest BCUT2D eigenvalue weighted by atomic mass is 33.7. The molecule has 0 fully saturated rings. The molecule has 0 saturated heterocycles. The number of carbonyl (C=O) groups is 1. The summed E-state index contributed by atoms with van der Waals surface area (Å²) in [6.45, 7) is 3.67. The number of hydrogen-bond donors (Lipinski definition) is 0.